The molecule has 1 aliphatic heterocycles. The third kappa shape index (κ3) is 3.39. The topological polar surface area (TPSA) is 120 Å². The standard InChI is InChI=1S/C12H11F4N5O2/c13-9-6(2-1-3-7(9)12(14,15)16)4-11(18)19-5-8(21(22)23)10(17)20-11/h1-3,5,19H,4,18H2,(H2,17,20). The summed E-state index contributed by atoms with van der Waals surface area (Å²) in [5, 5.41) is 13.0. The first kappa shape index (κ1) is 16.7. The van der Waals surface area contributed by atoms with Crippen molar-refractivity contribution in [2.24, 2.45) is 16.5 Å². The quantitative estimate of drug-likeness (QED) is 0.434. The zero-order valence-electron chi connectivity index (χ0n) is 11.4. The normalized spacial score (nSPS) is 21.3. The number of amidine groups is 1. The van der Waals surface area contributed by atoms with Gasteiger partial charge < -0.3 is 11.1 Å². The van der Waals surface area contributed by atoms with Crippen LogP contribution in [0.15, 0.2) is 35.1 Å². The van der Waals surface area contributed by atoms with E-state index in [-0.39, 0.29) is 5.56 Å². The van der Waals surface area contributed by atoms with Crippen molar-refractivity contribution in [1.29, 1.82) is 0 Å². The third-order valence-electron chi connectivity index (χ3n) is 3.08. The lowest BCUT2D eigenvalue weighted by Crippen LogP contribution is -2.55. The average Bonchev–Trinajstić information content (AvgIpc) is 2.39. The molecule has 1 heterocycles. The van der Waals surface area contributed by atoms with Crippen LogP contribution >= 0.6 is 0 Å². The lowest BCUT2D eigenvalue weighted by molar-refractivity contribution is -0.416. The summed E-state index contributed by atoms with van der Waals surface area (Å²) in [7, 11) is 0. The van der Waals surface area contributed by atoms with E-state index in [2.05, 4.69) is 10.3 Å². The summed E-state index contributed by atoms with van der Waals surface area (Å²) in [6.45, 7) is 0. The largest absolute Gasteiger partial charge is 0.419 e. The molecule has 0 radical (unpaired) electrons. The van der Waals surface area contributed by atoms with E-state index < -0.39 is 46.2 Å². The van der Waals surface area contributed by atoms with Gasteiger partial charge in [-0.1, -0.05) is 12.1 Å². The van der Waals surface area contributed by atoms with Crippen LogP contribution in [0.3, 0.4) is 0 Å². The van der Waals surface area contributed by atoms with E-state index in [4.69, 9.17) is 11.5 Å². The number of nitrogens with one attached hydrogen (secondary N) is 1. The Morgan fingerprint density at radius 1 is 1.39 bits per heavy atom. The Morgan fingerprint density at radius 2 is 2.04 bits per heavy atom. The lowest BCUT2D eigenvalue weighted by atomic mass is 10.0. The summed E-state index contributed by atoms with van der Waals surface area (Å²) in [5.74, 6) is -3.79. The summed E-state index contributed by atoms with van der Waals surface area (Å²) in [6, 6.07) is 2.73. The van der Waals surface area contributed by atoms with Crippen LogP contribution in [0.4, 0.5) is 17.6 Å². The van der Waals surface area contributed by atoms with Crippen LogP contribution in [0.5, 0.6) is 0 Å². The molecule has 0 amide bonds. The van der Waals surface area contributed by atoms with E-state index in [1.54, 1.807) is 0 Å². The van der Waals surface area contributed by atoms with Gasteiger partial charge in [0.2, 0.25) is 5.84 Å². The molecule has 1 aromatic rings. The number of hydrogen-bond donors (Lipinski definition) is 3. The molecule has 11 heteroatoms. The Labute approximate surface area is 126 Å². The second kappa shape index (κ2) is 5.50. The second-order valence-electron chi connectivity index (χ2n) is 4.81. The van der Waals surface area contributed by atoms with Gasteiger partial charge in [0.1, 0.15) is 5.82 Å². The van der Waals surface area contributed by atoms with Crippen LogP contribution in [0.1, 0.15) is 11.1 Å². The molecule has 0 spiro atoms. The zero-order valence-corrected chi connectivity index (χ0v) is 11.4. The molecule has 5 N–H and O–H groups in total. The SMILES string of the molecule is NC1=NC(N)(Cc2cccc(C(F)(F)F)c2F)NC=C1[N+](=O)[O-]. The number of hydrogen-bond acceptors (Lipinski definition) is 6. The van der Waals surface area contributed by atoms with E-state index in [1.807, 2.05) is 0 Å². The Bertz CT molecular complexity index is 716. The number of nitro groups is 1. The molecule has 1 atom stereocenters. The fraction of sp³-hybridized carbons (Fsp3) is 0.250. The second-order valence-corrected chi connectivity index (χ2v) is 4.81. The molecule has 1 aromatic carbocycles. The first-order chi connectivity index (χ1) is 10.5. The number of halogens is 4. The summed E-state index contributed by atoms with van der Waals surface area (Å²) >= 11 is 0. The van der Waals surface area contributed by atoms with Crippen molar-refractivity contribution in [3.63, 3.8) is 0 Å². The Kier molecular flexibility index (Phi) is 3.99. The smallest absolute Gasteiger partial charge is 0.378 e. The first-order valence-electron chi connectivity index (χ1n) is 6.15. The van der Waals surface area contributed by atoms with Crippen molar-refractivity contribution in [1.82, 2.24) is 5.32 Å². The van der Waals surface area contributed by atoms with Crippen LogP contribution in [0.25, 0.3) is 0 Å². The van der Waals surface area contributed by atoms with Crippen molar-refractivity contribution >= 4 is 5.84 Å². The predicted octanol–water partition coefficient (Wildman–Crippen LogP) is 1.08. The van der Waals surface area contributed by atoms with Crippen LogP contribution in [-0.2, 0) is 12.6 Å². The van der Waals surface area contributed by atoms with E-state index in [1.165, 1.54) is 0 Å². The van der Waals surface area contributed by atoms with Crippen molar-refractivity contribution in [2.75, 3.05) is 0 Å². The van der Waals surface area contributed by atoms with E-state index in [0.717, 1.165) is 18.3 Å². The van der Waals surface area contributed by atoms with Crippen molar-refractivity contribution in [3.05, 3.63) is 57.2 Å². The molecule has 0 aliphatic carbocycles. The van der Waals surface area contributed by atoms with Gasteiger partial charge in [0.15, 0.2) is 5.79 Å². The molecule has 0 fully saturated rings. The Balaban J connectivity index is 2.33. The molecule has 0 saturated carbocycles. The molecule has 0 bridgehead atoms. The molecule has 1 aliphatic rings. The fourth-order valence-electron chi connectivity index (χ4n) is 2.03. The number of nitrogens with zero attached hydrogens (tertiary/aromatic N) is 2. The van der Waals surface area contributed by atoms with Gasteiger partial charge in [-0.15, -0.1) is 0 Å². The van der Waals surface area contributed by atoms with E-state index in [9.17, 15) is 27.7 Å². The highest BCUT2D eigenvalue weighted by atomic mass is 19.4. The molecule has 0 aromatic heterocycles. The van der Waals surface area contributed by atoms with Crippen molar-refractivity contribution < 1.29 is 22.5 Å². The average molecular weight is 333 g/mol. The maximum Gasteiger partial charge on any atom is 0.419 e. The Hall–Kier alpha value is -2.69. The molecule has 0 saturated heterocycles. The maximum atomic E-state index is 14.0. The van der Waals surface area contributed by atoms with E-state index in [0.29, 0.717) is 6.07 Å². The monoisotopic (exact) mass is 333 g/mol. The predicted molar refractivity (Wildman–Crippen MR) is 71.9 cm³/mol. The lowest BCUT2D eigenvalue weighted by Gasteiger charge is -2.28. The Morgan fingerprint density at radius 3 is 2.57 bits per heavy atom. The van der Waals surface area contributed by atoms with Gasteiger partial charge in [0.25, 0.3) is 0 Å². The first-order valence-corrected chi connectivity index (χ1v) is 6.15. The van der Waals surface area contributed by atoms with Crippen molar-refractivity contribution in [3.8, 4) is 0 Å². The highest BCUT2D eigenvalue weighted by Gasteiger charge is 2.37. The summed E-state index contributed by atoms with van der Waals surface area (Å²) in [5.41, 5.74) is 8.83. The summed E-state index contributed by atoms with van der Waals surface area (Å²) in [6.07, 6.45) is -4.48. The molecular formula is C12H11F4N5O2. The molecule has 23 heavy (non-hydrogen) atoms. The van der Waals surface area contributed by atoms with Crippen molar-refractivity contribution in [2.45, 2.75) is 18.4 Å². The number of alkyl halides is 3. The van der Waals surface area contributed by atoms with Crippen LogP contribution < -0.4 is 16.8 Å². The zero-order chi connectivity index (χ0) is 17.4. The fourth-order valence-corrected chi connectivity index (χ4v) is 2.03. The number of aliphatic imine (C=N–C) groups is 1. The highest BCUT2D eigenvalue weighted by Crippen LogP contribution is 2.33. The van der Waals surface area contributed by atoms with Gasteiger partial charge in [-0.05, 0) is 11.6 Å². The summed E-state index contributed by atoms with van der Waals surface area (Å²) < 4.78 is 52.0. The number of benzene rings is 1. The van der Waals surface area contributed by atoms with Gasteiger partial charge in [0.05, 0.1) is 16.7 Å². The minimum atomic E-state index is -4.86. The maximum absolute atomic E-state index is 14.0. The van der Waals surface area contributed by atoms with Gasteiger partial charge in [-0.25, -0.2) is 9.38 Å². The third-order valence-corrected chi connectivity index (χ3v) is 3.08. The number of rotatable bonds is 3. The van der Waals surface area contributed by atoms with E-state index >= 15 is 0 Å². The van der Waals surface area contributed by atoms with Gasteiger partial charge in [0, 0.05) is 6.42 Å². The molecular weight excluding hydrogens is 322 g/mol. The molecule has 2 rings (SSSR count). The summed E-state index contributed by atoms with van der Waals surface area (Å²) in [4.78, 5) is 13.5. The van der Waals surface area contributed by atoms with Gasteiger partial charge in [-0.2, -0.15) is 13.2 Å². The van der Waals surface area contributed by atoms with Gasteiger partial charge >= 0.3 is 11.9 Å². The molecule has 7 nitrogen and oxygen atoms in total. The van der Waals surface area contributed by atoms with Crippen LogP contribution in [0.2, 0.25) is 0 Å². The molecule has 1 unspecified atom stereocenters. The van der Waals surface area contributed by atoms with Gasteiger partial charge in [-0.3, -0.25) is 15.8 Å². The number of nitrogens with two attached hydrogens (primary N) is 2. The molecule has 124 valence electrons. The van der Waals surface area contributed by atoms with Crippen LogP contribution in [0, 0.1) is 15.9 Å². The minimum absolute atomic E-state index is 0.357. The highest BCUT2D eigenvalue weighted by molar-refractivity contribution is 5.95. The van der Waals surface area contributed by atoms with Crippen LogP contribution in [-0.4, -0.2) is 16.5 Å². The minimum Gasteiger partial charge on any atom is -0.378 e.